The van der Waals surface area contributed by atoms with E-state index in [4.69, 9.17) is 9.84 Å². The maximum absolute atomic E-state index is 12.5. The van der Waals surface area contributed by atoms with Crippen molar-refractivity contribution in [1.82, 2.24) is 4.90 Å². The van der Waals surface area contributed by atoms with Crippen LogP contribution in [0.2, 0.25) is 0 Å². The van der Waals surface area contributed by atoms with Crippen LogP contribution in [-0.4, -0.2) is 51.8 Å². The Bertz CT molecular complexity index is 1030. The molecule has 0 radical (unpaired) electrons. The summed E-state index contributed by atoms with van der Waals surface area (Å²) in [5.41, 5.74) is 1.04. The molecule has 1 saturated heterocycles. The number of hydrogen-bond donors (Lipinski definition) is 2. The number of carbonyl (C=O) groups is 3. The number of aliphatic imine (C=N–C) groups is 1. The predicted molar refractivity (Wildman–Crippen MR) is 108 cm³/mol. The third-order valence-corrected chi connectivity index (χ3v) is 4.95. The van der Waals surface area contributed by atoms with E-state index in [-0.39, 0.29) is 17.2 Å². The van der Waals surface area contributed by atoms with Crippen LogP contribution in [0.15, 0.2) is 58.4 Å². The van der Waals surface area contributed by atoms with Crippen molar-refractivity contribution in [3.05, 3.63) is 64.6 Å². The fourth-order valence-corrected chi connectivity index (χ4v) is 3.44. The minimum Gasteiger partial charge on any atom is -0.482 e. The molecule has 1 amide bonds. The van der Waals surface area contributed by atoms with Gasteiger partial charge in [0.25, 0.3) is 5.91 Å². The number of nitrogens with zero attached hydrogens (tertiary/aromatic N) is 2. The van der Waals surface area contributed by atoms with Crippen LogP contribution < -0.4 is 4.74 Å². The Labute approximate surface area is 170 Å². The van der Waals surface area contributed by atoms with E-state index >= 15 is 0 Å². The third-order valence-electron chi connectivity index (χ3n) is 3.89. The zero-order valence-corrected chi connectivity index (χ0v) is 16.0. The zero-order chi connectivity index (χ0) is 21.0. The van der Waals surface area contributed by atoms with Gasteiger partial charge in [-0.1, -0.05) is 24.3 Å². The molecule has 2 aromatic carbocycles. The third kappa shape index (κ3) is 4.82. The van der Waals surface area contributed by atoms with Gasteiger partial charge in [-0.2, -0.15) is 0 Å². The summed E-state index contributed by atoms with van der Waals surface area (Å²) in [5, 5.41) is 18.3. The van der Waals surface area contributed by atoms with Gasteiger partial charge in [-0.05, 0) is 47.7 Å². The fraction of sp³-hybridized carbons (Fsp3) is 0.100. The zero-order valence-electron chi connectivity index (χ0n) is 15.2. The van der Waals surface area contributed by atoms with Crippen molar-refractivity contribution in [3.8, 4) is 5.75 Å². The summed E-state index contributed by atoms with van der Waals surface area (Å²) in [6, 6.07) is 12.9. The van der Waals surface area contributed by atoms with Gasteiger partial charge in [0, 0.05) is 7.05 Å². The molecule has 1 heterocycles. The number of para-hydroxylation sites is 1. The lowest BCUT2D eigenvalue weighted by molar-refractivity contribution is -0.139. The number of carboxylic acid groups (broad SMARTS) is 2. The van der Waals surface area contributed by atoms with E-state index in [9.17, 15) is 19.5 Å². The van der Waals surface area contributed by atoms with E-state index < -0.39 is 18.5 Å². The maximum Gasteiger partial charge on any atom is 0.341 e. The van der Waals surface area contributed by atoms with Crippen molar-refractivity contribution in [2.75, 3.05) is 13.7 Å². The van der Waals surface area contributed by atoms with Crippen molar-refractivity contribution in [2.45, 2.75) is 0 Å². The van der Waals surface area contributed by atoms with Crippen LogP contribution in [-0.2, 0) is 9.59 Å². The van der Waals surface area contributed by atoms with E-state index in [1.807, 2.05) is 0 Å². The Morgan fingerprint density at radius 3 is 2.48 bits per heavy atom. The first kappa shape index (κ1) is 20.2. The monoisotopic (exact) mass is 412 g/mol. The smallest absolute Gasteiger partial charge is 0.341 e. The van der Waals surface area contributed by atoms with Crippen LogP contribution >= 0.6 is 11.8 Å². The second-order valence-electron chi connectivity index (χ2n) is 5.94. The summed E-state index contributed by atoms with van der Waals surface area (Å²) in [4.78, 5) is 40.5. The molecular weight excluding hydrogens is 396 g/mol. The molecule has 0 unspecified atom stereocenters. The molecule has 148 valence electrons. The summed E-state index contributed by atoms with van der Waals surface area (Å²) < 4.78 is 5.08. The molecule has 0 atom stereocenters. The van der Waals surface area contributed by atoms with Crippen LogP contribution in [0.25, 0.3) is 6.08 Å². The molecule has 0 saturated carbocycles. The van der Waals surface area contributed by atoms with E-state index in [2.05, 4.69) is 4.99 Å². The highest BCUT2D eigenvalue weighted by atomic mass is 32.2. The number of amides is 1. The molecule has 0 aliphatic carbocycles. The first-order chi connectivity index (χ1) is 13.8. The number of rotatable bonds is 6. The average Bonchev–Trinajstić information content (AvgIpc) is 2.95. The Morgan fingerprint density at radius 1 is 1.14 bits per heavy atom. The minimum atomic E-state index is -1.09. The number of benzene rings is 2. The molecular formula is C20H16N2O6S. The Hall–Kier alpha value is -3.59. The van der Waals surface area contributed by atoms with Crippen molar-refractivity contribution >= 4 is 46.5 Å². The van der Waals surface area contributed by atoms with Crippen LogP contribution in [0.1, 0.15) is 15.9 Å². The number of amidine groups is 1. The van der Waals surface area contributed by atoms with Crippen molar-refractivity contribution in [2.24, 2.45) is 4.99 Å². The lowest BCUT2D eigenvalue weighted by Crippen LogP contribution is -2.23. The van der Waals surface area contributed by atoms with Gasteiger partial charge >= 0.3 is 11.9 Å². The molecule has 3 rings (SSSR count). The van der Waals surface area contributed by atoms with Gasteiger partial charge in [-0.25, -0.2) is 14.6 Å². The van der Waals surface area contributed by atoms with Crippen LogP contribution in [0.3, 0.4) is 0 Å². The number of hydrogen-bond acceptors (Lipinski definition) is 6. The first-order valence-electron chi connectivity index (χ1n) is 8.38. The van der Waals surface area contributed by atoms with Crippen LogP contribution in [0, 0.1) is 0 Å². The highest BCUT2D eigenvalue weighted by molar-refractivity contribution is 8.18. The van der Waals surface area contributed by atoms with Crippen molar-refractivity contribution in [1.29, 1.82) is 0 Å². The Kier molecular flexibility index (Phi) is 5.99. The summed E-state index contributed by atoms with van der Waals surface area (Å²) in [5.74, 6) is -2.01. The molecule has 1 fully saturated rings. The van der Waals surface area contributed by atoms with Crippen molar-refractivity contribution < 1.29 is 29.3 Å². The molecule has 1 aliphatic rings. The van der Waals surface area contributed by atoms with Gasteiger partial charge in [0.15, 0.2) is 11.8 Å². The standard InChI is InChI=1S/C20H16N2O6S/c1-22-18(25)16(10-12-6-8-13(9-7-12)28-11-17(23)24)29-20(22)21-15-5-3-2-4-14(15)19(26)27/h2-10H,11H2,1H3,(H,23,24)(H,26,27)/b16-10-,21-20?. The highest BCUT2D eigenvalue weighted by Crippen LogP contribution is 2.34. The van der Waals surface area contributed by atoms with Gasteiger partial charge in [-0.3, -0.25) is 9.69 Å². The summed E-state index contributed by atoms with van der Waals surface area (Å²) in [7, 11) is 1.57. The van der Waals surface area contributed by atoms with Gasteiger partial charge in [0.2, 0.25) is 0 Å². The number of thioether (sulfide) groups is 1. The predicted octanol–water partition coefficient (Wildman–Crippen LogP) is 3.08. The SMILES string of the molecule is CN1C(=O)/C(=C/c2ccc(OCC(=O)O)cc2)SC1=Nc1ccccc1C(=O)O. The first-order valence-corrected chi connectivity index (χ1v) is 9.20. The van der Waals surface area contributed by atoms with E-state index in [0.29, 0.717) is 15.8 Å². The molecule has 29 heavy (non-hydrogen) atoms. The Balaban J connectivity index is 1.82. The second kappa shape index (κ2) is 8.61. The van der Waals surface area contributed by atoms with Gasteiger partial charge in [0.1, 0.15) is 5.75 Å². The van der Waals surface area contributed by atoms with E-state index in [1.165, 1.54) is 11.0 Å². The molecule has 0 spiro atoms. The number of carboxylic acids is 2. The summed E-state index contributed by atoms with van der Waals surface area (Å²) in [6.07, 6.45) is 1.68. The number of aromatic carboxylic acids is 1. The van der Waals surface area contributed by atoms with Gasteiger partial charge in [-0.15, -0.1) is 0 Å². The fourth-order valence-electron chi connectivity index (χ4n) is 2.46. The molecule has 9 heteroatoms. The average molecular weight is 412 g/mol. The molecule has 1 aliphatic heterocycles. The molecule has 8 nitrogen and oxygen atoms in total. The number of likely N-dealkylation sites (N-methyl/N-ethyl adjacent to an activating group) is 1. The minimum absolute atomic E-state index is 0.0517. The molecule has 0 aromatic heterocycles. The largest absolute Gasteiger partial charge is 0.482 e. The van der Waals surface area contributed by atoms with Crippen molar-refractivity contribution in [3.63, 3.8) is 0 Å². The van der Waals surface area contributed by atoms with E-state index in [0.717, 1.165) is 17.3 Å². The highest BCUT2D eigenvalue weighted by Gasteiger charge is 2.30. The normalized spacial score (nSPS) is 16.4. The number of carbonyl (C=O) groups excluding carboxylic acids is 1. The summed E-state index contributed by atoms with van der Waals surface area (Å²) >= 11 is 1.14. The summed E-state index contributed by atoms with van der Waals surface area (Å²) in [6.45, 7) is -0.433. The molecule has 2 N–H and O–H groups in total. The Morgan fingerprint density at radius 2 is 1.83 bits per heavy atom. The topological polar surface area (TPSA) is 117 Å². The van der Waals surface area contributed by atoms with Gasteiger partial charge in [0.05, 0.1) is 16.2 Å². The molecule has 0 bridgehead atoms. The van der Waals surface area contributed by atoms with Gasteiger partial charge < -0.3 is 14.9 Å². The number of ether oxygens (including phenoxy) is 1. The van der Waals surface area contributed by atoms with E-state index in [1.54, 1.807) is 55.6 Å². The molecule has 2 aromatic rings. The quantitative estimate of drug-likeness (QED) is 0.700. The number of aliphatic carboxylic acids is 1. The second-order valence-corrected chi connectivity index (χ2v) is 6.95. The lowest BCUT2D eigenvalue weighted by atomic mass is 10.2. The van der Waals surface area contributed by atoms with Crippen LogP contribution in [0.4, 0.5) is 5.69 Å². The maximum atomic E-state index is 12.5. The van der Waals surface area contributed by atoms with Crippen LogP contribution in [0.5, 0.6) is 5.75 Å². The lowest BCUT2D eigenvalue weighted by Gasteiger charge is -2.08.